The SMILES string of the molecule is CCN1CCN(C(=O)CN(c2ccccc2C(C)C)S(C)(=O)=O)CC1. The number of carbonyl (C=O) groups is 1. The monoisotopic (exact) mass is 367 g/mol. The zero-order valence-corrected chi connectivity index (χ0v) is 16.4. The van der Waals surface area contributed by atoms with Gasteiger partial charge in [0.05, 0.1) is 11.9 Å². The Morgan fingerprint density at radius 3 is 2.28 bits per heavy atom. The maximum atomic E-state index is 12.7. The number of para-hydroxylation sites is 1. The summed E-state index contributed by atoms with van der Waals surface area (Å²) >= 11 is 0. The van der Waals surface area contributed by atoms with Gasteiger partial charge in [0.2, 0.25) is 15.9 Å². The lowest BCUT2D eigenvalue weighted by atomic mass is 10.0. The number of carbonyl (C=O) groups excluding carboxylic acids is 1. The Morgan fingerprint density at radius 1 is 1.16 bits per heavy atom. The molecule has 1 amide bonds. The summed E-state index contributed by atoms with van der Waals surface area (Å²) < 4.78 is 26.0. The normalized spacial score (nSPS) is 16.3. The molecule has 0 bridgehead atoms. The van der Waals surface area contributed by atoms with Crippen molar-refractivity contribution in [2.24, 2.45) is 0 Å². The minimum atomic E-state index is -3.55. The zero-order chi connectivity index (χ0) is 18.6. The van der Waals surface area contributed by atoms with E-state index in [1.165, 1.54) is 4.31 Å². The van der Waals surface area contributed by atoms with Gasteiger partial charge in [-0.3, -0.25) is 9.10 Å². The second-order valence-electron chi connectivity index (χ2n) is 6.80. The van der Waals surface area contributed by atoms with Crippen LogP contribution in [0.25, 0.3) is 0 Å². The van der Waals surface area contributed by atoms with Gasteiger partial charge in [-0.25, -0.2) is 8.42 Å². The number of likely N-dealkylation sites (N-methyl/N-ethyl adjacent to an activating group) is 1. The van der Waals surface area contributed by atoms with Gasteiger partial charge in [-0.2, -0.15) is 0 Å². The van der Waals surface area contributed by atoms with Crippen molar-refractivity contribution in [3.05, 3.63) is 29.8 Å². The minimum absolute atomic E-state index is 0.139. The van der Waals surface area contributed by atoms with Gasteiger partial charge in [-0.05, 0) is 24.1 Å². The highest BCUT2D eigenvalue weighted by Gasteiger charge is 2.27. The lowest BCUT2D eigenvalue weighted by Crippen LogP contribution is -2.51. The minimum Gasteiger partial charge on any atom is -0.339 e. The van der Waals surface area contributed by atoms with Crippen LogP contribution in [0.2, 0.25) is 0 Å². The van der Waals surface area contributed by atoms with Gasteiger partial charge in [-0.15, -0.1) is 0 Å². The summed E-state index contributed by atoms with van der Waals surface area (Å²) in [6.07, 6.45) is 1.16. The van der Waals surface area contributed by atoms with Crippen molar-refractivity contribution < 1.29 is 13.2 Å². The van der Waals surface area contributed by atoms with Crippen molar-refractivity contribution in [1.82, 2.24) is 9.80 Å². The van der Waals surface area contributed by atoms with Crippen molar-refractivity contribution in [2.75, 3.05) is 49.8 Å². The van der Waals surface area contributed by atoms with E-state index in [0.717, 1.165) is 31.5 Å². The first-order chi connectivity index (χ1) is 11.7. The van der Waals surface area contributed by atoms with Crippen LogP contribution in [0.4, 0.5) is 5.69 Å². The van der Waals surface area contributed by atoms with Gasteiger partial charge in [0.15, 0.2) is 0 Å². The molecule has 0 N–H and O–H groups in total. The average molecular weight is 368 g/mol. The summed E-state index contributed by atoms with van der Waals surface area (Å²) in [7, 11) is -3.55. The molecule has 25 heavy (non-hydrogen) atoms. The van der Waals surface area contributed by atoms with Crippen molar-refractivity contribution in [3.8, 4) is 0 Å². The van der Waals surface area contributed by atoms with Crippen LogP contribution in [-0.2, 0) is 14.8 Å². The highest BCUT2D eigenvalue weighted by Crippen LogP contribution is 2.29. The molecule has 1 aromatic carbocycles. The highest BCUT2D eigenvalue weighted by atomic mass is 32.2. The van der Waals surface area contributed by atoms with Crippen LogP contribution < -0.4 is 4.31 Å². The predicted molar refractivity (Wildman–Crippen MR) is 101 cm³/mol. The number of benzene rings is 1. The van der Waals surface area contributed by atoms with Crippen LogP contribution in [0, 0.1) is 0 Å². The maximum Gasteiger partial charge on any atom is 0.243 e. The van der Waals surface area contributed by atoms with Crippen LogP contribution >= 0.6 is 0 Å². The van der Waals surface area contributed by atoms with Gasteiger partial charge in [0.1, 0.15) is 6.54 Å². The van der Waals surface area contributed by atoms with E-state index in [1.807, 2.05) is 32.0 Å². The molecule has 0 saturated carbocycles. The number of hydrogen-bond donors (Lipinski definition) is 0. The third-order valence-corrected chi connectivity index (χ3v) is 5.81. The molecule has 7 heteroatoms. The zero-order valence-electron chi connectivity index (χ0n) is 15.6. The number of anilines is 1. The lowest BCUT2D eigenvalue weighted by molar-refractivity contribution is -0.131. The standard InChI is InChI=1S/C18H29N3O3S/c1-5-19-10-12-20(13-11-19)18(22)14-21(25(4,23)24)17-9-7-6-8-16(17)15(2)3/h6-9,15H,5,10-14H2,1-4H3. The molecular weight excluding hydrogens is 338 g/mol. The summed E-state index contributed by atoms with van der Waals surface area (Å²) in [5.41, 5.74) is 1.53. The molecule has 1 aliphatic heterocycles. The second-order valence-corrected chi connectivity index (χ2v) is 8.71. The number of nitrogens with zero attached hydrogens (tertiary/aromatic N) is 3. The molecule has 0 atom stereocenters. The second kappa shape index (κ2) is 8.19. The van der Waals surface area contributed by atoms with Crippen molar-refractivity contribution in [1.29, 1.82) is 0 Å². The summed E-state index contributed by atoms with van der Waals surface area (Å²) in [6.45, 7) is 9.94. The summed E-state index contributed by atoms with van der Waals surface area (Å²) in [6, 6.07) is 7.40. The molecule has 1 fully saturated rings. The van der Waals surface area contributed by atoms with Gasteiger partial charge in [-0.1, -0.05) is 39.0 Å². The quantitative estimate of drug-likeness (QED) is 0.768. The molecule has 0 unspecified atom stereocenters. The molecule has 1 aliphatic rings. The molecule has 0 spiro atoms. The number of amides is 1. The van der Waals surface area contributed by atoms with Gasteiger partial charge in [0.25, 0.3) is 0 Å². The first kappa shape index (κ1) is 19.7. The number of piperazine rings is 1. The van der Waals surface area contributed by atoms with Gasteiger partial charge >= 0.3 is 0 Å². The van der Waals surface area contributed by atoms with Crippen LogP contribution in [0.15, 0.2) is 24.3 Å². The van der Waals surface area contributed by atoms with Gasteiger partial charge in [0, 0.05) is 26.2 Å². The number of rotatable bonds is 6. The highest BCUT2D eigenvalue weighted by molar-refractivity contribution is 7.92. The lowest BCUT2D eigenvalue weighted by Gasteiger charge is -2.35. The molecule has 0 radical (unpaired) electrons. The smallest absolute Gasteiger partial charge is 0.243 e. The topological polar surface area (TPSA) is 60.9 Å². The Balaban J connectivity index is 2.22. The Bertz CT molecular complexity index is 695. The summed E-state index contributed by atoms with van der Waals surface area (Å²) in [4.78, 5) is 16.8. The van der Waals surface area contributed by atoms with E-state index < -0.39 is 10.0 Å². The fraction of sp³-hybridized carbons (Fsp3) is 0.611. The third-order valence-electron chi connectivity index (χ3n) is 4.68. The van der Waals surface area contributed by atoms with E-state index in [2.05, 4.69) is 11.8 Å². The first-order valence-corrected chi connectivity index (χ1v) is 10.7. The first-order valence-electron chi connectivity index (χ1n) is 8.80. The predicted octanol–water partition coefficient (Wildman–Crippen LogP) is 1.74. The van der Waals surface area contributed by atoms with Crippen LogP contribution in [0.3, 0.4) is 0 Å². The fourth-order valence-corrected chi connectivity index (χ4v) is 3.99. The molecule has 140 valence electrons. The molecule has 6 nitrogen and oxygen atoms in total. The maximum absolute atomic E-state index is 12.7. The number of sulfonamides is 1. The number of hydrogen-bond acceptors (Lipinski definition) is 4. The van der Waals surface area contributed by atoms with E-state index in [1.54, 1.807) is 11.0 Å². The fourth-order valence-electron chi connectivity index (χ4n) is 3.12. The molecule has 1 aromatic rings. The van der Waals surface area contributed by atoms with Crippen molar-refractivity contribution in [3.63, 3.8) is 0 Å². The molecule has 2 rings (SSSR count). The largest absolute Gasteiger partial charge is 0.339 e. The average Bonchev–Trinajstić information content (AvgIpc) is 2.58. The Labute approximate surface area is 151 Å². The Morgan fingerprint density at radius 2 is 1.76 bits per heavy atom. The van der Waals surface area contributed by atoms with Crippen molar-refractivity contribution >= 4 is 21.6 Å². The van der Waals surface area contributed by atoms with E-state index >= 15 is 0 Å². The summed E-state index contributed by atoms with van der Waals surface area (Å²) in [5.74, 6) is 0.0309. The molecule has 0 aromatic heterocycles. The van der Waals surface area contributed by atoms with E-state index in [4.69, 9.17) is 0 Å². The Hall–Kier alpha value is -1.60. The van der Waals surface area contributed by atoms with Crippen molar-refractivity contribution in [2.45, 2.75) is 26.7 Å². The summed E-state index contributed by atoms with van der Waals surface area (Å²) in [5, 5.41) is 0. The van der Waals surface area contributed by atoms with Crippen LogP contribution in [-0.4, -0.2) is 69.6 Å². The molecule has 0 aliphatic carbocycles. The van der Waals surface area contributed by atoms with E-state index in [-0.39, 0.29) is 18.4 Å². The van der Waals surface area contributed by atoms with E-state index in [0.29, 0.717) is 18.8 Å². The van der Waals surface area contributed by atoms with Gasteiger partial charge < -0.3 is 9.80 Å². The van der Waals surface area contributed by atoms with Crippen LogP contribution in [0.5, 0.6) is 0 Å². The van der Waals surface area contributed by atoms with Crippen LogP contribution in [0.1, 0.15) is 32.3 Å². The third kappa shape index (κ3) is 4.95. The molecule has 1 saturated heterocycles. The Kier molecular flexibility index (Phi) is 6.46. The van der Waals surface area contributed by atoms with E-state index in [9.17, 15) is 13.2 Å². The molecule has 1 heterocycles. The molecular formula is C18H29N3O3S.